The lowest BCUT2D eigenvalue weighted by Crippen LogP contribution is -2.20. The first-order valence-electron chi connectivity index (χ1n) is 3.51. The van der Waals surface area contributed by atoms with Gasteiger partial charge < -0.3 is 14.6 Å². The van der Waals surface area contributed by atoms with Crippen molar-refractivity contribution in [1.82, 2.24) is 0 Å². The molecule has 72 valence electrons. The average molecular weight is 194 g/mol. The highest BCUT2D eigenvalue weighted by atomic mass is 32.2. The van der Waals surface area contributed by atoms with E-state index < -0.39 is 11.2 Å². The molecule has 0 aromatic carbocycles. The third-order valence-electron chi connectivity index (χ3n) is 1.36. The lowest BCUT2D eigenvalue weighted by molar-refractivity contribution is -0.136. The van der Waals surface area contributed by atoms with E-state index in [1.807, 2.05) is 0 Å². The second-order valence-corrected chi connectivity index (χ2v) is 3.59. The van der Waals surface area contributed by atoms with E-state index in [1.165, 1.54) is 26.0 Å². The van der Waals surface area contributed by atoms with Gasteiger partial charge in [-0.25, -0.2) is 0 Å². The molecule has 0 spiro atoms. The molecule has 0 aliphatic rings. The lowest BCUT2D eigenvalue weighted by atomic mass is 10.5. The molecule has 12 heavy (non-hydrogen) atoms. The van der Waals surface area contributed by atoms with Gasteiger partial charge in [0.25, 0.3) is 0 Å². The van der Waals surface area contributed by atoms with Gasteiger partial charge in [-0.05, 0) is 6.92 Å². The molecule has 0 aromatic rings. The Morgan fingerprint density at radius 3 is 2.33 bits per heavy atom. The maximum absolute atomic E-state index is 10.4. The van der Waals surface area contributed by atoms with Crippen molar-refractivity contribution in [3.8, 4) is 0 Å². The van der Waals surface area contributed by atoms with Crippen LogP contribution in [0.1, 0.15) is 6.92 Å². The highest BCUT2D eigenvalue weighted by Gasteiger charge is 2.14. The van der Waals surface area contributed by atoms with Crippen LogP contribution in [0.3, 0.4) is 0 Å². The van der Waals surface area contributed by atoms with E-state index in [0.717, 1.165) is 0 Å². The number of carboxylic acid groups (broad SMARTS) is 1. The van der Waals surface area contributed by atoms with Crippen LogP contribution in [0.2, 0.25) is 0 Å². The number of rotatable bonds is 6. The Labute approximate surface area is 76.2 Å². The molecule has 1 N–H and O–H groups in total. The maximum Gasteiger partial charge on any atom is 0.316 e. The quantitative estimate of drug-likeness (QED) is 0.634. The highest BCUT2D eigenvalue weighted by Crippen LogP contribution is 2.13. The first kappa shape index (κ1) is 11.7. The zero-order chi connectivity index (χ0) is 9.56. The van der Waals surface area contributed by atoms with E-state index in [1.54, 1.807) is 6.92 Å². The summed E-state index contributed by atoms with van der Waals surface area (Å²) in [5.74, 6) is -0.286. The molecular formula is C7H14O4S. The molecule has 0 aliphatic carbocycles. The molecule has 4 nitrogen and oxygen atoms in total. The van der Waals surface area contributed by atoms with Crippen molar-refractivity contribution < 1.29 is 19.4 Å². The molecule has 1 atom stereocenters. The van der Waals surface area contributed by atoms with E-state index in [-0.39, 0.29) is 6.29 Å². The molecule has 0 radical (unpaired) electrons. The van der Waals surface area contributed by atoms with Gasteiger partial charge in [0.15, 0.2) is 6.29 Å². The molecule has 1 unspecified atom stereocenters. The first-order chi connectivity index (χ1) is 5.61. The Morgan fingerprint density at radius 2 is 2.00 bits per heavy atom. The van der Waals surface area contributed by atoms with Crippen molar-refractivity contribution in [3.63, 3.8) is 0 Å². The molecule has 0 amide bonds. The predicted octanol–water partition coefficient (Wildman–Crippen LogP) is 0.812. The van der Waals surface area contributed by atoms with Crippen molar-refractivity contribution in [3.05, 3.63) is 0 Å². The Hall–Kier alpha value is -0.260. The minimum atomic E-state index is -0.814. The summed E-state index contributed by atoms with van der Waals surface area (Å²) in [5, 5.41) is 8.12. The third kappa shape index (κ3) is 4.58. The number of methoxy groups -OCH3 is 2. The second-order valence-electron chi connectivity index (χ2n) is 2.21. The Morgan fingerprint density at radius 1 is 1.50 bits per heavy atom. The molecule has 5 heteroatoms. The highest BCUT2D eigenvalue weighted by molar-refractivity contribution is 8.00. The van der Waals surface area contributed by atoms with Crippen molar-refractivity contribution in [1.29, 1.82) is 0 Å². The normalized spacial score (nSPS) is 13.3. The minimum absolute atomic E-state index is 0.322. The standard InChI is InChI=1S/C7H14O4S/c1-5(7(8)9)12-4-6(10-2)11-3/h5-6H,4H2,1-3H3,(H,8,9). The van der Waals surface area contributed by atoms with Crippen LogP contribution in [0, 0.1) is 0 Å². The zero-order valence-corrected chi connectivity index (χ0v) is 8.26. The van der Waals surface area contributed by atoms with Gasteiger partial charge in [0.1, 0.15) is 0 Å². The molecule has 0 fully saturated rings. The first-order valence-corrected chi connectivity index (χ1v) is 4.56. The van der Waals surface area contributed by atoms with Crippen molar-refractivity contribution in [2.45, 2.75) is 18.5 Å². The molecule has 0 rings (SSSR count). The SMILES string of the molecule is COC(CSC(C)C(=O)O)OC. The van der Waals surface area contributed by atoms with Gasteiger partial charge in [-0.3, -0.25) is 4.79 Å². The fourth-order valence-corrected chi connectivity index (χ4v) is 1.39. The van der Waals surface area contributed by atoms with Crippen LogP contribution in [0.4, 0.5) is 0 Å². The summed E-state index contributed by atoms with van der Waals surface area (Å²) < 4.78 is 9.79. The van der Waals surface area contributed by atoms with Crippen LogP contribution < -0.4 is 0 Å². The summed E-state index contributed by atoms with van der Waals surface area (Å²) >= 11 is 1.29. The smallest absolute Gasteiger partial charge is 0.316 e. The number of carboxylic acids is 1. The maximum atomic E-state index is 10.4. The average Bonchev–Trinajstić information content (AvgIpc) is 2.05. The summed E-state index contributed by atoms with van der Waals surface area (Å²) in [5.41, 5.74) is 0. The summed E-state index contributed by atoms with van der Waals surface area (Å²) in [7, 11) is 3.06. The molecule has 0 bridgehead atoms. The van der Waals surface area contributed by atoms with Gasteiger partial charge in [0.2, 0.25) is 0 Å². The fraction of sp³-hybridized carbons (Fsp3) is 0.857. The fourth-order valence-electron chi connectivity index (χ4n) is 0.527. The monoisotopic (exact) mass is 194 g/mol. The van der Waals surface area contributed by atoms with Crippen LogP contribution in [-0.2, 0) is 14.3 Å². The molecule has 0 saturated heterocycles. The molecule has 0 aliphatic heterocycles. The summed E-state index contributed by atoms with van der Waals surface area (Å²) in [4.78, 5) is 10.4. The molecule has 0 aromatic heterocycles. The number of thioether (sulfide) groups is 1. The molecule has 0 heterocycles. The van der Waals surface area contributed by atoms with Gasteiger partial charge in [0, 0.05) is 20.0 Å². The van der Waals surface area contributed by atoms with Crippen molar-refractivity contribution in [2.75, 3.05) is 20.0 Å². The van der Waals surface area contributed by atoms with Gasteiger partial charge in [-0.15, -0.1) is 11.8 Å². The van der Waals surface area contributed by atoms with E-state index in [4.69, 9.17) is 14.6 Å². The Balaban J connectivity index is 3.58. The summed E-state index contributed by atoms with van der Waals surface area (Å²) in [6, 6.07) is 0. The molecule has 0 saturated carbocycles. The number of aliphatic carboxylic acids is 1. The summed E-state index contributed by atoms with van der Waals surface area (Å²) in [6.07, 6.45) is -0.322. The number of ether oxygens (including phenoxy) is 2. The van der Waals surface area contributed by atoms with E-state index in [0.29, 0.717) is 5.75 Å². The van der Waals surface area contributed by atoms with Gasteiger partial charge in [-0.1, -0.05) is 0 Å². The van der Waals surface area contributed by atoms with Crippen LogP contribution in [0.5, 0.6) is 0 Å². The predicted molar refractivity (Wildman–Crippen MR) is 47.4 cm³/mol. The zero-order valence-electron chi connectivity index (χ0n) is 7.44. The van der Waals surface area contributed by atoms with Crippen LogP contribution in [0.15, 0.2) is 0 Å². The number of carbonyl (C=O) groups is 1. The van der Waals surface area contributed by atoms with Crippen molar-refractivity contribution >= 4 is 17.7 Å². The summed E-state index contributed by atoms with van der Waals surface area (Å²) in [6.45, 7) is 1.63. The van der Waals surface area contributed by atoms with E-state index in [2.05, 4.69) is 0 Å². The lowest BCUT2D eigenvalue weighted by Gasteiger charge is -2.13. The number of hydrogen-bond donors (Lipinski definition) is 1. The van der Waals surface area contributed by atoms with E-state index in [9.17, 15) is 4.79 Å². The minimum Gasteiger partial charge on any atom is -0.480 e. The topological polar surface area (TPSA) is 55.8 Å². The third-order valence-corrected chi connectivity index (χ3v) is 2.52. The number of hydrogen-bond acceptors (Lipinski definition) is 4. The van der Waals surface area contributed by atoms with Gasteiger partial charge >= 0.3 is 5.97 Å². The Bertz CT molecular complexity index is 135. The van der Waals surface area contributed by atoms with E-state index >= 15 is 0 Å². The van der Waals surface area contributed by atoms with Crippen LogP contribution in [-0.4, -0.2) is 42.6 Å². The largest absolute Gasteiger partial charge is 0.480 e. The second kappa shape index (κ2) is 6.28. The Kier molecular flexibility index (Phi) is 6.14. The van der Waals surface area contributed by atoms with Gasteiger partial charge in [-0.2, -0.15) is 0 Å². The van der Waals surface area contributed by atoms with Crippen LogP contribution >= 0.6 is 11.8 Å². The van der Waals surface area contributed by atoms with Gasteiger partial charge in [0.05, 0.1) is 5.25 Å². The molecular weight excluding hydrogens is 180 g/mol. The van der Waals surface area contributed by atoms with Crippen molar-refractivity contribution in [2.24, 2.45) is 0 Å². The van der Waals surface area contributed by atoms with Crippen LogP contribution in [0.25, 0.3) is 0 Å².